The minimum absolute atomic E-state index is 0.0229. The van der Waals surface area contributed by atoms with Gasteiger partial charge in [-0.3, -0.25) is 14.5 Å². The second-order valence-electron chi connectivity index (χ2n) is 6.82. The Bertz CT molecular complexity index is 850. The Kier molecular flexibility index (Phi) is 7.43. The summed E-state index contributed by atoms with van der Waals surface area (Å²) in [6, 6.07) is 8.55. The van der Waals surface area contributed by atoms with E-state index in [1.165, 1.54) is 30.0 Å². The number of furan rings is 1. The average molecular weight is 441 g/mol. The number of halogens is 3. The first-order valence-electron chi connectivity index (χ1n) is 9.39. The lowest BCUT2D eigenvalue weighted by Gasteiger charge is -2.34. The van der Waals surface area contributed by atoms with Gasteiger partial charge in [-0.25, -0.2) is 0 Å². The van der Waals surface area contributed by atoms with Gasteiger partial charge >= 0.3 is 6.18 Å². The van der Waals surface area contributed by atoms with Crippen molar-refractivity contribution in [2.45, 2.75) is 11.9 Å². The molecule has 0 saturated carbocycles. The quantitative estimate of drug-likeness (QED) is 0.714. The van der Waals surface area contributed by atoms with E-state index in [2.05, 4.69) is 5.32 Å². The van der Waals surface area contributed by atoms with E-state index in [0.29, 0.717) is 37.7 Å². The van der Waals surface area contributed by atoms with Crippen molar-refractivity contribution in [3.8, 4) is 0 Å². The number of benzene rings is 1. The first-order chi connectivity index (χ1) is 14.3. The minimum atomic E-state index is -4.54. The topological polar surface area (TPSA) is 65.8 Å². The second-order valence-corrected chi connectivity index (χ2v) is 7.81. The molecule has 0 aliphatic carbocycles. The van der Waals surface area contributed by atoms with Crippen LogP contribution in [-0.2, 0) is 21.5 Å². The fourth-order valence-electron chi connectivity index (χ4n) is 3.11. The summed E-state index contributed by atoms with van der Waals surface area (Å²) >= 11 is 1.47. The zero-order valence-electron chi connectivity index (χ0n) is 16.2. The minimum Gasteiger partial charge on any atom is -0.468 e. The number of nitrogens with one attached hydrogen (secondary N) is 1. The molecular formula is C20H22F3N3O3S. The molecule has 6 nitrogen and oxygen atoms in total. The summed E-state index contributed by atoms with van der Waals surface area (Å²) in [6.45, 7) is 1.91. The molecule has 0 radical (unpaired) electrons. The van der Waals surface area contributed by atoms with Crippen molar-refractivity contribution in [3.05, 3.63) is 54.0 Å². The highest BCUT2D eigenvalue weighted by atomic mass is 32.2. The smallest absolute Gasteiger partial charge is 0.418 e. The van der Waals surface area contributed by atoms with E-state index in [-0.39, 0.29) is 18.1 Å². The normalized spacial score (nSPS) is 15.2. The van der Waals surface area contributed by atoms with Crippen molar-refractivity contribution in [2.24, 2.45) is 0 Å². The molecule has 2 aromatic rings. The number of hydrogen-bond donors (Lipinski definition) is 1. The van der Waals surface area contributed by atoms with Gasteiger partial charge in [0.25, 0.3) is 0 Å². The Morgan fingerprint density at radius 3 is 2.47 bits per heavy atom. The molecule has 10 heteroatoms. The molecule has 0 atom stereocenters. The third kappa shape index (κ3) is 6.27. The Balaban J connectivity index is 1.41. The van der Waals surface area contributed by atoms with Gasteiger partial charge in [0.05, 0.1) is 35.6 Å². The number of anilines is 1. The average Bonchev–Trinajstić information content (AvgIpc) is 3.21. The van der Waals surface area contributed by atoms with Crippen LogP contribution in [-0.4, -0.2) is 60.1 Å². The lowest BCUT2D eigenvalue weighted by Crippen LogP contribution is -2.50. The molecule has 0 spiro atoms. The third-order valence-corrected chi connectivity index (χ3v) is 5.59. The van der Waals surface area contributed by atoms with Crippen molar-refractivity contribution >= 4 is 29.3 Å². The zero-order chi connectivity index (χ0) is 21.6. The maximum Gasteiger partial charge on any atom is 0.418 e. The van der Waals surface area contributed by atoms with Crippen LogP contribution in [0.5, 0.6) is 0 Å². The molecule has 1 saturated heterocycles. The summed E-state index contributed by atoms with van der Waals surface area (Å²) in [5.41, 5.74) is -1.13. The van der Waals surface area contributed by atoms with E-state index < -0.39 is 17.6 Å². The number of carbonyl (C=O) groups is 2. The molecule has 1 aromatic carbocycles. The number of piperazine rings is 1. The first kappa shape index (κ1) is 22.2. The summed E-state index contributed by atoms with van der Waals surface area (Å²) in [5.74, 6) is 1.29. The first-order valence-corrected chi connectivity index (χ1v) is 10.5. The molecule has 2 heterocycles. The highest BCUT2D eigenvalue weighted by Gasteiger charge is 2.33. The molecular weight excluding hydrogens is 419 g/mol. The van der Waals surface area contributed by atoms with Crippen LogP contribution >= 0.6 is 11.8 Å². The number of alkyl halides is 3. The van der Waals surface area contributed by atoms with Crippen LogP contribution in [0.2, 0.25) is 0 Å². The maximum absolute atomic E-state index is 13.0. The fourth-order valence-corrected chi connectivity index (χ4v) is 3.94. The van der Waals surface area contributed by atoms with Gasteiger partial charge < -0.3 is 14.6 Å². The number of thioether (sulfide) groups is 1. The summed E-state index contributed by atoms with van der Waals surface area (Å²) in [6.07, 6.45) is -2.94. The van der Waals surface area contributed by atoms with Crippen molar-refractivity contribution < 1.29 is 27.2 Å². The van der Waals surface area contributed by atoms with E-state index in [4.69, 9.17) is 4.42 Å². The maximum atomic E-state index is 13.0. The molecule has 30 heavy (non-hydrogen) atoms. The van der Waals surface area contributed by atoms with Gasteiger partial charge in [0.1, 0.15) is 5.76 Å². The van der Waals surface area contributed by atoms with Crippen LogP contribution < -0.4 is 5.32 Å². The fraction of sp³-hybridized carbons (Fsp3) is 0.400. The monoisotopic (exact) mass is 441 g/mol. The number of amides is 2. The SMILES string of the molecule is O=C(CN1CCN(C(=O)CSCc2ccco2)CC1)Nc1ccccc1C(F)(F)F. The highest BCUT2D eigenvalue weighted by Crippen LogP contribution is 2.34. The van der Waals surface area contributed by atoms with Gasteiger partial charge in [0.15, 0.2) is 0 Å². The number of hydrogen-bond acceptors (Lipinski definition) is 5. The molecule has 0 bridgehead atoms. The van der Waals surface area contributed by atoms with Crippen LogP contribution in [0, 0.1) is 0 Å². The number of rotatable bonds is 7. The Morgan fingerprint density at radius 1 is 1.07 bits per heavy atom. The Morgan fingerprint density at radius 2 is 1.80 bits per heavy atom. The van der Waals surface area contributed by atoms with E-state index in [9.17, 15) is 22.8 Å². The predicted octanol–water partition coefficient (Wildman–Crippen LogP) is 3.31. The van der Waals surface area contributed by atoms with Crippen LogP contribution in [0.15, 0.2) is 47.1 Å². The van der Waals surface area contributed by atoms with E-state index in [1.807, 2.05) is 11.0 Å². The molecule has 2 amide bonds. The van der Waals surface area contributed by atoms with Gasteiger partial charge in [-0.1, -0.05) is 12.1 Å². The Hall–Kier alpha value is -2.46. The van der Waals surface area contributed by atoms with Crippen LogP contribution in [0.1, 0.15) is 11.3 Å². The van der Waals surface area contributed by atoms with Crippen molar-refractivity contribution in [3.63, 3.8) is 0 Å². The van der Waals surface area contributed by atoms with Crippen LogP contribution in [0.4, 0.5) is 18.9 Å². The standard InChI is InChI=1S/C20H22F3N3O3S/c21-20(22,23)16-5-1-2-6-17(16)24-18(27)12-25-7-9-26(10-8-25)19(28)14-30-13-15-4-3-11-29-15/h1-6,11H,7-10,12-14H2,(H,24,27). The van der Waals surface area contributed by atoms with Gasteiger partial charge in [-0.2, -0.15) is 13.2 Å². The van der Waals surface area contributed by atoms with E-state index >= 15 is 0 Å². The Labute approximate surface area is 176 Å². The molecule has 1 aromatic heterocycles. The molecule has 1 fully saturated rings. The van der Waals surface area contributed by atoms with E-state index in [1.54, 1.807) is 17.2 Å². The van der Waals surface area contributed by atoms with Gasteiger partial charge in [-0.05, 0) is 24.3 Å². The molecule has 162 valence electrons. The van der Waals surface area contributed by atoms with E-state index in [0.717, 1.165) is 11.8 Å². The summed E-state index contributed by atoms with van der Waals surface area (Å²) in [7, 11) is 0. The summed E-state index contributed by atoms with van der Waals surface area (Å²) in [5, 5.41) is 2.35. The lowest BCUT2D eigenvalue weighted by molar-refractivity contribution is -0.137. The molecule has 3 rings (SSSR count). The molecule has 1 aliphatic rings. The number of para-hydroxylation sites is 1. The summed E-state index contributed by atoms with van der Waals surface area (Å²) < 4.78 is 44.3. The van der Waals surface area contributed by atoms with Crippen molar-refractivity contribution in [1.29, 1.82) is 0 Å². The molecule has 1 aliphatic heterocycles. The van der Waals surface area contributed by atoms with Crippen molar-refractivity contribution in [1.82, 2.24) is 9.80 Å². The molecule has 0 unspecified atom stereocenters. The highest BCUT2D eigenvalue weighted by molar-refractivity contribution is 7.99. The van der Waals surface area contributed by atoms with Crippen LogP contribution in [0.3, 0.4) is 0 Å². The predicted molar refractivity (Wildman–Crippen MR) is 108 cm³/mol. The van der Waals surface area contributed by atoms with Gasteiger partial charge in [0, 0.05) is 26.2 Å². The second kappa shape index (κ2) is 10.0. The third-order valence-electron chi connectivity index (χ3n) is 4.65. The van der Waals surface area contributed by atoms with Crippen molar-refractivity contribution in [2.75, 3.05) is 43.8 Å². The van der Waals surface area contributed by atoms with Gasteiger partial charge in [0.2, 0.25) is 11.8 Å². The summed E-state index contributed by atoms with van der Waals surface area (Å²) in [4.78, 5) is 28.1. The number of nitrogens with zero attached hydrogens (tertiary/aromatic N) is 2. The number of carbonyl (C=O) groups excluding carboxylic acids is 2. The largest absolute Gasteiger partial charge is 0.468 e. The van der Waals surface area contributed by atoms with Crippen LogP contribution in [0.25, 0.3) is 0 Å². The van der Waals surface area contributed by atoms with Gasteiger partial charge in [-0.15, -0.1) is 11.8 Å². The zero-order valence-corrected chi connectivity index (χ0v) is 17.0. The molecule has 1 N–H and O–H groups in total. The lowest BCUT2D eigenvalue weighted by atomic mass is 10.1.